The number of nitrogens with one attached hydrogen (secondary N) is 1. The molecule has 0 aliphatic rings. The SMILES string of the molecule is O=C(NCl)c1cnc2cc(C(F)(F)F)ccc2c1. The van der Waals surface area contributed by atoms with Crippen LogP contribution < -0.4 is 4.84 Å². The third kappa shape index (κ3) is 2.38. The van der Waals surface area contributed by atoms with E-state index in [4.69, 9.17) is 11.8 Å². The molecular formula is C11H6ClF3N2O. The minimum absolute atomic E-state index is 0.163. The van der Waals surface area contributed by atoms with E-state index in [1.54, 1.807) is 0 Å². The van der Waals surface area contributed by atoms with Crippen molar-refractivity contribution in [2.75, 3.05) is 0 Å². The number of rotatable bonds is 1. The summed E-state index contributed by atoms with van der Waals surface area (Å²) in [6.07, 6.45) is -3.25. The molecule has 0 fully saturated rings. The van der Waals surface area contributed by atoms with E-state index in [9.17, 15) is 18.0 Å². The number of carbonyl (C=O) groups is 1. The number of benzene rings is 1. The second-order valence-corrected chi connectivity index (χ2v) is 3.74. The van der Waals surface area contributed by atoms with Crippen LogP contribution in [0.2, 0.25) is 0 Å². The lowest BCUT2D eigenvalue weighted by Crippen LogP contribution is -2.12. The molecule has 7 heteroatoms. The molecule has 0 atom stereocenters. The summed E-state index contributed by atoms with van der Waals surface area (Å²) in [4.78, 5) is 16.9. The third-order valence-corrected chi connectivity index (χ3v) is 2.53. The molecule has 1 heterocycles. The lowest BCUT2D eigenvalue weighted by molar-refractivity contribution is -0.137. The highest BCUT2D eigenvalue weighted by Crippen LogP contribution is 2.30. The van der Waals surface area contributed by atoms with Gasteiger partial charge in [0.05, 0.1) is 16.6 Å². The lowest BCUT2D eigenvalue weighted by atomic mass is 10.1. The maximum absolute atomic E-state index is 12.5. The van der Waals surface area contributed by atoms with E-state index in [1.807, 2.05) is 4.84 Å². The fourth-order valence-corrected chi connectivity index (χ4v) is 1.59. The van der Waals surface area contributed by atoms with Crippen LogP contribution in [0.4, 0.5) is 13.2 Å². The van der Waals surface area contributed by atoms with E-state index in [0.29, 0.717) is 5.39 Å². The highest BCUT2D eigenvalue weighted by Gasteiger charge is 2.30. The smallest absolute Gasteiger partial charge is 0.268 e. The Bertz CT molecular complexity index is 613. The molecule has 2 rings (SSSR count). The summed E-state index contributed by atoms with van der Waals surface area (Å²) in [6, 6.07) is 4.54. The van der Waals surface area contributed by atoms with Crippen LogP contribution in [0.5, 0.6) is 0 Å². The largest absolute Gasteiger partial charge is 0.416 e. The fourth-order valence-electron chi connectivity index (χ4n) is 1.48. The monoisotopic (exact) mass is 274 g/mol. The number of hydrogen-bond donors (Lipinski definition) is 1. The van der Waals surface area contributed by atoms with Gasteiger partial charge in [0.25, 0.3) is 5.91 Å². The summed E-state index contributed by atoms with van der Waals surface area (Å²) >= 11 is 5.15. The van der Waals surface area contributed by atoms with E-state index in [0.717, 1.165) is 12.1 Å². The van der Waals surface area contributed by atoms with Crippen molar-refractivity contribution < 1.29 is 18.0 Å². The normalized spacial score (nSPS) is 11.6. The Morgan fingerprint density at radius 3 is 2.61 bits per heavy atom. The number of aromatic nitrogens is 1. The number of carbonyl (C=O) groups excluding carboxylic acids is 1. The van der Waals surface area contributed by atoms with Crippen molar-refractivity contribution in [3.8, 4) is 0 Å². The quantitative estimate of drug-likeness (QED) is 0.812. The van der Waals surface area contributed by atoms with Crippen molar-refractivity contribution in [3.63, 3.8) is 0 Å². The van der Waals surface area contributed by atoms with Crippen LogP contribution in [-0.2, 0) is 6.18 Å². The average Bonchev–Trinajstić information content (AvgIpc) is 2.35. The second kappa shape index (κ2) is 4.45. The van der Waals surface area contributed by atoms with Crippen LogP contribution in [0.25, 0.3) is 10.9 Å². The Labute approximate surface area is 105 Å². The van der Waals surface area contributed by atoms with Crippen LogP contribution in [0.1, 0.15) is 15.9 Å². The summed E-state index contributed by atoms with van der Waals surface area (Å²) < 4.78 is 37.4. The van der Waals surface area contributed by atoms with E-state index in [2.05, 4.69) is 4.98 Å². The maximum atomic E-state index is 12.5. The molecule has 1 aromatic carbocycles. The lowest BCUT2D eigenvalue weighted by Gasteiger charge is -2.07. The second-order valence-electron chi connectivity index (χ2n) is 3.55. The van der Waals surface area contributed by atoms with Gasteiger partial charge in [-0.25, -0.2) is 0 Å². The van der Waals surface area contributed by atoms with E-state index in [1.165, 1.54) is 18.3 Å². The average molecular weight is 275 g/mol. The topological polar surface area (TPSA) is 42.0 Å². The van der Waals surface area contributed by atoms with Crippen LogP contribution in [0.3, 0.4) is 0 Å². The molecule has 1 N–H and O–H groups in total. The summed E-state index contributed by atoms with van der Waals surface area (Å²) in [7, 11) is 0. The highest BCUT2D eigenvalue weighted by atomic mass is 35.5. The van der Waals surface area contributed by atoms with Crippen molar-refractivity contribution in [1.82, 2.24) is 9.82 Å². The van der Waals surface area contributed by atoms with Gasteiger partial charge in [-0.2, -0.15) is 13.2 Å². The van der Waals surface area contributed by atoms with Crippen molar-refractivity contribution in [2.24, 2.45) is 0 Å². The summed E-state index contributed by atoms with van der Waals surface area (Å²) in [5, 5.41) is 0.431. The van der Waals surface area contributed by atoms with Crippen LogP contribution in [0.15, 0.2) is 30.5 Å². The van der Waals surface area contributed by atoms with Gasteiger partial charge in [-0.15, -0.1) is 0 Å². The van der Waals surface area contributed by atoms with Crippen LogP contribution in [-0.4, -0.2) is 10.9 Å². The van der Waals surface area contributed by atoms with E-state index in [-0.39, 0.29) is 11.1 Å². The Hall–Kier alpha value is -1.82. The predicted molar refractivity (Wildman–Crippen MR) is 60.1 cm³/mol. The minimum Gasteiger partial charge on any atom is -0.268 e. The number of fused-ring (bicyclic) bond motifs is 1. The Balaban J connectivity index is 2.52. The molecule has 0 aliphatic heterocycles. The number of nitrogens with zero attached hydrogens (tertiary/aromatic N) is 1. The molecule has 0 saturated carbocycles. The number of pyridine rings is 1. The maximum Gasteiger partial charge on any atom is 0.416 e. The van der Waals surface area contributed by atoms with E-state index < -0.39 is 17.6 Å². The first-order chi connectivity index (χ1) is 8.41. The molecule has 0 unspecified atom stereocenters. The van der Waals surface area contributed by atoms with Gasteiger partial charge in [0.15, 0.2) is 0 Å². The van der Waals surface area contributed by atoms with Gasteiger partial charge in [-0.3, -0.25) is 14.6 Å². The molecule has 0 bridgehead atoms. The zero-order valence-electron chi connectivity index (χ0n) is 8.75. The first-order valence-corrected chi connectivity index (χ1v) is 5.17. The van der Waals surface area contributed by atoms with Gasteiger partial charge in [0.2, 0.25) is 0 Å². The minimum atomic E-state index is -4.41. The molecule has 94 valence electrons. The first kappa shape index (κ1) is 12.6. The predicted octanol–water partition coefficient (Wildman–Crippen LogP) is 3.14. The molecule has 0 saturated heterocycles. The van der Waals surface area contributed by atoms with Gasteiger partial charge in [-0.05, 0) is 18.2 Å². The van der Waals surface area contributed by atoms with Crippen molar-refractivity contribution in [2.45, 2.75) is 6.18 Å². The summed E-state index contributed by atoms with van der Waals surface area (Å²) in [6.45, 7) is 0. The third-order valence-electron chi connectivity index (χ3n) is 2.36. The molecule has 18 heavy (non-hydrogen) atoms. The van der Waals surface area contributed by atoms with Crippen LogP contribution in [0, 0.1) is 0 Å². The summed E-state index contributed by atoms with van der Waals surface area (Å²) in [5.41, 5.74) is -0.440. The zero-order valence-corrected chi connectivity index (χ0v) is 9.51. The molecule has 1 aromatic heterocycles. The highest BCUT2D eigenvalue weighted by molar-refractivity contribution is 6.24. The van der Waals surface area contributed by atoms with Gasteiger partial charge < -0.3 is 0 Å². The molecule has 0 radical (unpaired) electrons. The molecule has 0 aliphatic carbocycles. The van der Waals surface area contributed by atoms with Crippen molar-refractivity contribution in [3.05, 3.63) is 41.6 Å². The fraction of sp³-hybridized carbons (Fsp3) is 0.0909. The zero-order chi connectivity index (χ0) is 13.3. The van der Waals surface area contributed by atoms with Gasteiger partial charge in [0.1, 0.15) is 0 Å². The molecular weight excluding hydrogens is 269 g/mol. The molecule has 3 nitrogen and oxygen atoms in total. The first-order valence-electron chi connectivity index (χ1n) is 4.80. The Morgan fingerprint density at radius 1 is 1.28 bits per heavy atom. The Morgan fingerprint density at radius 2 is 2.00 bits per heavy atom. The van der Waals surface area contributed by atoms with E-state index >= 15 is 0 Å². The molecule has 2 aromatic rings. The van der Waals surface area contributed by atoms with Crippen molar-refractivity contribution >= 4 is 28.6 Å². The standard InChI is InChI=1S/C11H6ClF3N2O/c12-17-10(18)7-3-6-1-2-8(11(13,14)15)4-9(6)16-5-7/h1-5H,(H,17,18). The van der Waals surface area contributed by atoms with Gasteiger partial charge in [0, 0.05) is 23.4 Å². The number of hydrogen-bond acceptors (Lipinski definition) is 2. The molecule has 0 spiro atoms. The number of amides is 1. The molecule has 1 amide bonds. The number of halogens is 4. The van der Waals surface area contributed by atoms with Crippen molar-refractivity contribution in [1.29, 1.82) is 0 Å². The Kier molecular flexibility index (Phi) is 3.13. The summed E-state index contributed by atoms with van der Waals surface area (Å²) in [5.74, 6) is -0.564. The van der Waals surface area contributed by atoms with Crippen LogP contribution >= 0.6 is 11.8 Å². The number of alkyl halides is 3. The van der Waals surface area contributed by atoms with Gasteiger partial charge >= 0.3 is 6.18 Å². The van der Waals surface area contributed by atoms with Gasteiger partial charge in [-0.1, -0.05) is 6.07 Å².